The smallest absolute Gasteiger partial charge is 0.126 e. The molecule has 4 nitrogen and oxygen atoms in total. The van der Waals surface area contributed by atoms with Crippen LogP contribution in [0.1, 0.15) is 18.4 Å². The van der Waals surface area contributed by atoms with Crippen LogP contribution in [0.2, 0.25) is 0 Å². The van der Waals surface area contributed by atoms with Crippen LogP contribution in [0.5, 0.6) is 0 Å². The van der Waals surface area contributed by atoms with E-state index in [1.54, 1.807) is 12.3 Å². The average Bonchev–Trinajstić information content (AvgIpc) is 2.80. The van der Waals surface area contributed by atoms with Crippen molar-refractivity contribution < 1.29 is 4.74 Å². The summed E-state index contributed by atoms with van der Waals surface area (Å²) >= 11 is 0. The lowest BCUT2D eigenvalue weighted by Crippen LogP contribution is -2.18. The Bertz CT molecular complexity index is 349. The third-order valence-corrected chi connectivity index (χ3v) is 2.43. The summed E-state index contributed by atoms with van der Waals surface area (Å²) in [5.74, 6) is 0.796. The second kappa shape index (κ2) is 4.76. The highest BCUT2D eigenvalue weighted by atomic mass is 16.5. The molecule has 1 saturated heterocycles. The standard InChI is InChI=1S/C11H13N3O/c12-6-9-3-4-11(13-7-9)14-8-10-2-1-5-15-10/h3-4,7,10H,1-2,5,8H2,(H,13,14)/t10-/m1/s1. The molecule has 1 fully saturated rings. The van der Waals surface area contributed by atoms with Gasteiger partial charge in [0.05, 0.1) is 11.7 Å². The van der Waals surface area contributed by atoms with Crippen molar-refractivity contribution in [1.82, 2.24) is 4.98 Å². The Balaban J connectivity index is 1.85. The second-order valence-electron chi connectivity index (χ2n) is 3.56. The minimum absolute atomic E-state index is 0.308. The maximum Gasteiger partial charge on any atom is 0.126 e. The Morgan fingerprint density at radius 2 is 2.53 bits per heavy atom. The molecule has 78 valence electrons. The van der Waals surface area contributed by atoms with Crippen molar-refractivity contribution in [3.8, 4) is 6.07 Å². The molecule has 2 rings (SSSR count). The first kappa shape index (κ1) is 9.94. The number of pyridine rings is 1. The number of hydrogen-bond acceptors (Lipinski definition) is 4. The third kappa shape index (κ3) is 2.67. The van der Waals surface area contributed by atoms with Gasteiger partial charge in [0.1, 0.15) is 11.9 Å². The maximum absolute atomic E-state index is 8.60. The maximum atomic E-state index is 8.60. The summed E-state index contributed by atoms with van der Waals surface area (Å²) in [5, 5.41) is 11.8. The number of rotatable bonds is 3. The molecular weight excluding hydrogens is 190 g/mol. The summed E-state index contributed by atoms with van der Waals surface area (Å²) < 4.78 is 5.48. The van der Waals surface area contributed by atoms with E-state index < -0.39 is 0 Å². The Hall–Kier alpha value is -1.60. The topological polar surface area (TPSA) is 57.9 Å². The molecule has 1 N–H and O–H groups in total. The van der Waals surface area contributed by atoms with Crippen LogP contribution in [0.15, 0.2) is 18.3 Å². The summed E-state index contributed by atoms with van der Waals surface area (Å²) in [7, 11) is 0. The van der Waals surface area contributed by atoms with E-state index in [1.165, 1.54) is 0 Å². The summed E-state index contributed by atoms with van der Waals surface area (Å²) in [5.41, 5.74) is 0.581. The van der Waals surface area contributed by atoms with Crippen LogP contribution < -0.4 is 5.32 Å². The van der Waals surface area contributed by atoms with Gasteiger partial charge in [-0.25, -0.2) is 4.98 Å². The fraction of sp³-hybridized carbons (Fsp3) is 0.455. The first-order valence-corrected chi connectivity index (χ1v) is 5.10. The molecule has 1 aromatic rings. The van der Waals surface area contributed by atoms with Crippen molar-refractivity contribution in [3.63, 3.8) is 0 Å². The molecule has 0 spiro atoms. The molecule has 0 bridgehead atoms. The quantitative estimate of drug-likeness (QED) is 0.809. The van der Waals surface area contributed by atoms with Gasteiger partial charge in [0.25, 0.3) is 0 Å². The predicted octanol–water partition coefficient (Wildman–Crippen LogP) is 1.54. The lowest BCUT2D eigenvalue weighted by molar-refractivity contribution is 0.120. The number of ether oxygens (including phenoxy) is 1. The lowest BCUT2D eigenvalue weighted by atomic mass is 10.2. The summed E-state index contributed by atoms with van der Waals surface area (Å²) in [6.07, 6.45) is 4.14. The number of nitriles is 1. The Morgan fingerprint density at radius 1 is 1.60 bits per heavy atom. The van der Waals surface area contributed by atoms with Crippen LogP contribution >= 0.6 is 0 Å². The fourth-order valence-corrected chi connectivity index (χ4v) is 1.59. The van der Waals surface area contributed by atoms with E-state index in [1.807, 2.05) is 12.1 Å². The zero-order chi connectivity index (χ0) is 10.5. The molecular formula is C11H13N3O. The van der Waals surface area contributed by atoms with E-state index in [0.29, 0.717) is 11.7 Å². The van der Waals surface area contributed by atoms with Crippen molar-refractivity contribution in [2.45, 2.75) is 18.9 Å². The summed E-state index contributed by atoms with van der Waals surface area (Å²) in [6, 6.07) is 5.60. The minimum Gasteiger partial charge on any atom is -0.376 e. The van der Waals surface area contributed by atoms with E-state index in [-0.39, 0.29) is 0 Å². The molecule has 1 aliphatic rings. The molecule has 0 amide bonds. The highest BCUT2D eigenvalue weighted by molar-refractivity contribution is 5.38. The van der Waals surface area contributed by atoms with Gasteiger partial charge in [0.2, 0.25) is 0 Å². The number of hydrogen-bond donors (Lipinski definition) is 1. The molecule has 2 heterocycles. The van der Waals surface area contributed by atoms with Crippen LogP contribution in [0.4, 0.5) is 5.82 Å². The fourth-order valence-electron chi connectivity index (χ4n) is 1.59. The Labute approximate surface area is 88.9 Å². The van der Waals surface area contributed by atoms with Crippen LogP contribution in [-0.4, -0.2) is 24.2 Å². The molecule has 1 atom stereocenters. The van der Waals surface area contributed by atoms with Crippen LogP contribution in [0.25, 0.3) is 0 Å². The molecule has 0 radical (unpaired) electrons. The molecule has 1 aromatic heterocycles. The number of anilines is 1. The van der Waals surface area contributed by atoms with Gasteiger partial charge in [-0.3, -0.25) is 0 Å². The molecule has 0 unspecified atom stereocenters. The molecule has 0 aromatic carbocycles. The van der Waals surface area contributed by atoms with Gasteiger partial charge in [0.15, 0.2) is 0 Å². The number of nitrogens with one attached hydrogen (secondary N) is 1. The summed E-state index contributed by atoms with van der Waals surface area (Å²) in [6.45, 7) is 1.66. The molecule has 0 saturated carbocycles. The normalized spacial score (nSPS) is 19.8. The van der Waals surface area contributed by atoms with Crippen molar-refractivity contribution >= 4 is 5.82 Å². The van der Waals surface area contributed by atoms with E-state index in [2.05, 4.69) is 10.3 Å². The first-order valence-electron chi connectivity index (χ1n) is 5.10. The molecule has 4 heteroatoms. The van der Waals surface area contributed by atoms with Crippen LogP contribution in [0.3, 0.4) is 0 Å². The molecule has 15 heavy (non-hydrogen) atoms. The van der Waals surface area contributed by atoms with Gasteiger partial charge in [0, 0.05) is 19.3 Å². The van der Waals surface area contributed by atoms with E-state index in [4.69, 9.17) is 10.00 Å². The van der Waals surface area contributed by atoms with E-state index in [0.717, 1.165) is 31.8 Å². The zero-order valence-corrected chi connectivity index (χ0v) is 8.44. The predicted molar refractivity (Wildman–Crippen MR) is 56.4 cm³/mol. The van der Waals surface area contributed by atoms with Gasteiger partial charge in [-0.2, -0.15) is 5.26 Å². The highest BCUT2D eigenvalue weighted by Crippen LogP contribution is 2.12. The van der Waals surface area contributed by atoms with E-state index >= 15 is 0 Å². The van der Waals surface area contributed by atoms with Crippen molar-refractivity contribution in [2.24, 2.45) is 0 Å². The van der Waals surface area contributed by atoms with Crippen LogP contribution in [0, 0.1) is 11.3 Å². The number of aromatic nitrogens is 1. The SMILES string of the molecule is N#Cc1ccc(NC[C@H]2CCCO2)nc1. The molecule has 1 aliphatic heterocycles. The zero-order valence-electron chi connectivity index (χ0n) is 8.44. The molecule has 0 aliphatic carbocycles. The highest BCUT2D eigenvalue weighted by Gasteiger charge is 2.14. The Kier molecular flexibility index (Phi) is 3.15. The second-order valence-corrected chi connectivity index (χ2v) is 3.56. The van der Waals surface area contributed by atoms with Gasteiger partial charge in [-0.1, -0.05) is 0 Å². The van der Waals surface area contributed by atoms with Gasteiger partial charge in [-0.15, -0.1) is 0 Å². The van der Waals surface area contributed by atoms with Crippen molar-refractivity contribution in [1.29, 1.82) is 5.26 Å². The van der Waals surface area contributed by atoms with Gasteiger partial charge >= 0.3 is 0 Å². The Morgan fingerprint density at radius 3 is 3.13 bits per heavy atom. The minimum atomic E-state index is 0.308. The average molecular weight is 203 g/mol. The monoisotopic (exact) mass is 203 g/mol. The van der Waals surface area contributed by atoms with Gasteiger partial charge in [-0.05, 0) is 25.0 Å². The van der Waals surface area contributed by atoms with Crippen LogP contribution in [-0.2, 0) is 4.74 Å². The number of nitrogens with zero attached hydrogens (tertiary/aromatic N) is 2. The largest absolute Gasteiger partial charge is 0.376 e. The third-order valence-electron chi connectivity index (χ3n) is 2.43. The van der Waals surface area contributed by atoms with Crippen molar-refractivity contribution in [2.75, 3.05) is 18.5 Å². The van der Waals surface area contributed by atoms with Crippen molar-refractivity contribution in [3.05, 3.63) is 23.9 Å². The first-order chi connectivity index (χ1) is 7.38. The lowest BCUT2D eigenvalue weighted by Gasteiger charge is -2.10. The summed E-state index contributed by atoms with van der Waals surface area (Å²) in [4.78, 5) is 4.12. The van der Waals surface area contributed by atoms with E-state index in [9.17, 15) is 0 Å². The van der Waals surface area contributed by atoms with Gasteiger partial charge < -0.3 is 10.1 Å².